The van der Waals surface area contributed by atoms with Crippen LogP contribution in [-0.4, -0.2) is 26.4 Å². The van der Waals surface area contributed by atoms with Crippen molar-refractivity contribution in [1.82, 2.24) is 20.1 Å². The maximum atomic E-state index is 13.1. The predicted octanol–water partition coefficient (Wildman–Crippen LogP) is 4.95. The van der Waals surface area contributed by atoms with Gasteiger partial charge in [-0.1, -0.05) is 47.6 Å². The number of rotatable bonds is 9. The average molecular weight is 461 g/mol. The van der Waals surface area contributed by atoms with Crippen molar-refractivity contribution >= 4 is 29.3 Å². The topological polar surface area (TPSA) is 69.0 Å². The van der Waals surface area contributed by atoms with Gasteiger partial charge in [0.1, 0.15) is 18.2 Å². The van der Waals surface area contributed by atoms with Crippen LogP contribution in [0.3, 0.4) is 0 Å². The fourth-order valence-corrected chi connectivity index (χ4v) is 4.18. The Labute approximate surface area is 189 Å². The minimum atomic E-state index is -0.299. The van der Waals surface area contributed by atoms with Gasteiger partial charge >= 0.3 is 0 Å². The van der Waals surface area contributed by atoms with E-state index in [9.17, 15) is 9.18 Å². The van der Waals surface area contributed by atoms with Crippen molar-refractivity contribution in [3.8, 4) is 5.75 Å². The van der Waals surface area contributed by atoms with Gasteiger partial charge in [0, 0.05) is 6.04 Å². The van der Waals surface area contributed by atoms with Crippen LogP contribution in [0.2, 0.25) is 5.02 Å². The van der Waals surface area contributed by atoms with Gasteiger partial charge in [-0.25, -0.2) is 4.39 Å². The van der Waals surface area contributed by atoms with Crippen LogP contribution in [0, 0.1) is 5.82 Å². The Morgan fingerprint density at radius 1 is 1.26 bits per heavy atom. The maximum absolute atomic E-state index is 13.1. The number of carbonyl (C=O) groups excluding carboxylic acids is 1. The highest BCUT2D eigenvalue weighted by molar-refractivity contribution is 7.99. The van der Waals surface area contributed by atoms with E-state index in [1.165, 1.54) is 23.9 Å². The molecule has 0 bridgehead atoms. The Balaban J connectivity index is 1.35. The Bertz CT molecular complexity index is 1060. The zero-order valence-corrected chi connectivity index (χ0v) is 18.5. The van der Waals surface area contributed by atoms with E-state index in [0.717, 1.165) is 18.4 Å². The number of thioether (sulfide) groups is 1. The number of ether oxygens (including phenoxy) is 1. The second-order valence-corrected chi connectivity index (χ2v) is 8.70. The summed E-state index contributed by atoms with van der Waals surface area (Å²) >= 11 is 7.50. The van der Waals surface area contributed by atoms with E-state index in [1.54, 1.807) is 18.2 Å². The third kappa shape index (κ3) is 5.57. The number of carbonyl (C=O) groups is 1. The lowest BCUT2D eigenvalue weighted by atomic mass is 10.1. The van der Waals surface area contributed by atoms with E-state index in [2.05, 4.69) is 20.1 Å². The molecule has 31 heavy (non-hydrogen) atoms. The van der Waals surface area contributed by atoms with Crippen LogP contribution in [0.5, 0.6) is 5.75 Å². The molecule has 1 aromatic heterocycles. The third-order valence-corrected chi connectivity index (χ3v) is 6.18. The molecule has 1 fully saturated rings. The van der Waals surface area contributed by atoms with E-state index in [1.807, 2.05) is 25.1 Å². The van der Waals surface area contributed by atoms with Gasteiger partial charge in [0.2, 0.25) is 5.91 Å². The number of halogens is 2. The van der Waals surface area contributed by atoms with E-state index < -0.39 is 0 Å². The van der Waals surface area contributed by atoms with Crippen molar-refractivity contribution in [1.29, 1.82) is 0 Å². The Kier molecular flexibility index (Phi) is 6.77. The van der Waals surface area contributed by atoms with Crippen LogP contribution in [0.1, 0.15) is 43.2 Å². The van der Waals surface area contributed by atoms with Gasteiger partial charge in [-0.2, -0.15) is 0 Å². The van der Waals surface area contributed by atoms with E-state index in [-0.39, 0.29) is 30.1 Å². The molecule has 9 heteroatoms. The molecule has 0 aliphatic heterocycles. The first-order valence-corrected chi connectivity index (χ1v) is 11.4. The summed E-state index contributed by atoms with van der Waals surface area (Å²) in [7, 11) is 0. The summed E-state index contributed by atoms with van der Waals surface area (Å²) in [6.45, 7) is 2.12. The summed E-state index contributed by atoms with van der Waals surface area (Å²) < 4.78 is 21.0. The molecule has 1 atom stereocenters. The third-order valence-electron chi connectivity index (χ3n) is 4.92. The first-order valence-electron chi connectivity index (χ1n) is 10.00. The molecule has 1 aliphatic carbocycles. The molecule has 1 unspecified atom stereocenters. The van der Waals surface area contributed by atoms with Crippen LogP contribution in [0.25, 0.3) is 0 Å². The number of nitrogens with zero attached hydrogens (tertiary/aromatic N) is 3. The summed E-state index contributed by atoms with van der Waals surface area (Å²) in [4.78, 5) is 12.4. The van der Waals surface area contributed by atoms with Crippen molar-refractivity contribution in [3.63, 3.8) is 0 Å². The second-order valence-electron chi connectivity index (χ2n) is 7.35. The Morgan fingerprint density at radius 2 is 2.00 bits per heavy atom. The summed E-state index contributed by atoms with van der Waals surface area (Å²) in [6.07, 6.45) is 2.11. The van der Waals surface area contributed by atoms with Gasteiger partial charge in [0.15, 0.2) is 11.0 Å². The van der Waals surface area contributed by atoms with Gasteiger partial charge in [-0.3, -0.25) is 9.36 Å². The number of nitrogens with one attached hydrogen (secondary N) is 1. The van der Waals surface area contributed by atoms with Crippen molar-refractivity contribution < 1.29 is 13.9 Å². The minimum absolute atomic E-state index is 0.124. The molecule has 2 aromatic carbocycles. The lowest BCUT2D eigenvalue weighted by Crippen LogP contribution is -2.28. The maximum Gasteiger partial charge on any atom is 0.230 e. The number of amides is 1. The normalized spacial score (nSPS) is 14.3. The summed E-state index contributed by atoms with van der Waals surface area (Å²) in [6, 6.07) is 13.5. The molecule has 4 rings (SSSR count). The Hall–Kier alpha value is -2.58. The standard InChI is InChI=1S/C22H22ClFN4O2S/c1-14(15-6-8-16(24)9-7-15)25-21(29)13-31-22-27-26-20(28(22)17-10-11-17)12-30-19-5-3-2-4-18(19)23/h2-9,14,17H,10-13H2,1H3,(H,25,29). The van der Waals surface area contributed by atoms with Crippen LogP contribution >= 0.6 is 23.4 Å². The van der Waals surface area contributed by atoms with Crippen LogP contribution in [0.15, 0.2) is 53.7 Å². The molecule has 1 amide bonds. The number of hydrogen-bond donors (Lipinski definition) is 1. The molecule has 3 aromatic rings. The molecule has 0 radical (unpaired) electrons. The second kappa shape index (κ2) is 9.70. The molecule has 1 aliphatic rings. The molecule has 1 heterocycles. The zero-order valence-electron chi connectivity index (χ0n) is 16.9. The highest BCUT2D eigenvalue weighted by Gasteiger charge is 2.30. The molecule has 1 saturated carbocycles. The Morgan fingerprint density at radius 3 is 2.71 bits per heavy atom. The average Bonchev–Trinajstić information content (AvgIpc) is 3.52. The molecule has 0 spiro atoms. The van der Waals surface area contributed by atoms with Gasteiger partial charge in [-0.05, 0) is 49.6 Å². The minimum Gasteiger partial charge on any atom is -0.484 e. The van der Waals surface area contributed by atoms with Gasteiger partial charge in [0.05, 0.1) is 16.8 Å². The summed E-state index contributed by atoms with van der Waals surface area (Å²) in [5.41, 5.74) is 0.847. The first-order chi connectivity index (χ1) is 15.0. The fourth-order valence-electron chi connectivity index (χ4n) is 3.16. The fraction of sp³-hybridized carbons (Fsp3) is 0.318. The summed E-state index contributed by atoms with van der Waals surface area (Å²) in [5, 5.41) is 12.7. The monoisotopic (exact) mass is 460 g/mol. The zero-order chi connectivity index (χ0) is 21.8. The highest BCUT2D eigenvalue weighted by Crippen LogP contribution is 2.39. The van der Waals surface area contributed by atoms with Gasteiger partial charge in [0.25, 0.3) is 0 Å². The predicted molar refractivity (Wildman–Crippen MR) is 118 cm³/mol. The van der Waals surface area contributed by atoms with Crippen molar-refractivity contribution in [2.24, 2.45) is 0 Å². The lowest BCUT2D eigenvalue weighted by molar-refractivity contribution is -0.119. The van der Waals surface area contributed by atoms with Crippen LogP contribution in [-0.2, 0) is 11.4 Å². The molecule has 1 N–H and O–H groups in total. The molecule has 0 saturated heterocycles. The first kappa shape index (κ1) is 21.6. The molecular formula is C22H22ClFN4O2S. The van der Waals surface area contributed by atoms with Crippen molar-refractivity contribution in [2.45, 2.75) is 43.6 Å². The molecule has 6 nitrogen and oxygen atoms in total. The number of para-hydroxylation sites is 1. The van der Waals surface area contributed by atoms with E-state index >= 15 is 0 Å². The van der Waals surface area contributed by atoms with Crippen LogP contribution < -0.4 is 10.1 Å². The SMILES string of the molecule is CC(NC(=O)CSc1nnc(COc2ccccc2Cl)n1C1CC1)c1ccc(F)cc1. The smallest absolute Gasteiger partial charge is 0.230 e. The van der Waals surface area contributed by atoms with E-state index in [4.69, 9.17) is 16.3 Å². The van der Waals surface area contributed by atoms with Crippen LogP contribution in [0.4, 0.5) is 4.39 Å². The number of hydrogen-bond acceptors (Lipinski definition) is 5. The van der Waals surface area contributed by atoms with Crippen molar-refractivity contribution in [3.05, 3.63) is 70.8 Å². The van der Waals surface area contributed by atoms with Gasteiger partial charge in [-0.15, -0.1) is 10.2 Å². The van der Waals surface area contributed by atoms with Gasteiger partial charge < -0.3 is 10.1 Å². The van der Waals surface area contributed by atoms with E-state index in [0.29, 0.717) is 27.8 Å². The molecular weight excluding hydrogens is 439 g/mol. The largest absolute Gasteiger partial charge is 0.484 e. The quantitative estimate of drug-likeness (QED) is 0.457. The lowest BCUT2D eigenvalue weighted by Gasteiger charge is -2.14. The summed E-state index contributed by atoms with van der Waals surface area (Å²) in [5.74, 6) is 1.09. The number of benzene rings is 2. The highest BCUT2D eigenvalue weighted by atomic mass is 35.5. The molecule has 162 valence electrons. The van der Waals surface area contributed by atoms with Crippen molar-refractivity contribution in [2.75, 3.05) is 5.75 Å². The number of aromatic nitrogens is 3.